The van der Waals surface area contributed by atoms with Crippen LogP contribution in [0.2, 0.25) is 0 Å². The summed E-state index contributed by atoms with van der Waals surface area (Å²) in [6.45, 7) is 0. The van der Waals surface area contributed by atoms with Gasteiger partial charge in [-0.2, -0.15) is 0 Å². The van der Waals surface area contributed by atoms with Crippen LogP contribution in [0.25, 0.3) is 11.1 Å². The van der Waals surface area contributed by atoms with E-state index in [4.69, 9.17) is 0 Å². The van der Waals surface area contributed by atoms with Crippen LogP contribution in [-0.4, -0.2) is 20.7 Å². The normalized spacial score (nSPS) is 10.6. The van der Waals surface area contributed by atoms with Crippen molar-refractivity contribution < 1.29 is 4.79 Å². The summed E-state index contributed by atoms with van der Waals surface area (Å²) in [4.78, 5) is 24.2. The molecule has 0 radical (unpaired) electrons. The number of carbonyl (C=O) groups excluding carboxylic acids is 1. The Morgan fingerprint density at radius 3 is 2.59 bits per heavy atom. The molecule has 2 aromatic carbocycles. The van der Waals surface area contributed by atoms with Crippen molar-refractivity contribution in [3.05, 3.63) is 95.0 Å². The van der Waals surface area contributed by atoms with E-state index >= 15 is 0 Å². The van der Waals surface area contributed by atoms with E-state index in [1.807, 2.05) is 54.6 Å². The molecule has 2 aromatic heterocycles. The summed E-state index contributed by atoms with van der Waals surface area (Å²) in [5, 5.41) is 3.15. The van der Waals surface area contributed by atoms with E-state index in [9.17, 15) is 4.79 Å². The molecule has 4 rings (SSSR count). The van der Waals surface area contributed by atoms with Crippen LogP contribution in [-0.2, 0) is 0 Å². The summed E-state index contributed by atoms with van der Waals surface area (Å²) in [7, 11) is 0. The van der Waals surface area contributed by atoms with Crippen molar-refractivity contribution in [1.29, 1.82) is 0 Å². The molecule has 4 aromatic rings. The van der Waals surface area contributed by atoms with Crippen molar-refractivity contribution in [2.24, 2.45) is 0 Å². The van der Waals surface area contributed by atoms with Crippen molar-refractivity contribution in [2.45, 2.75) is 0 Å². The molecule has 0 bridgehead atoms. The predicted molar refractivity (Wildman–Crippen MR) is 109 cm³/mol. The van der Waals surface area contributed by atoms with Gasteiger partial charge in [0.1, 0.15) is 5.69 Å². The van der Waals surface area contributed by atoms with Crippen LogP contribution in [0.5, 0.6) is 0 Å². The van der Waals surface area contributed by atoms with E-state index < -0.39 is 0 Å². The van der Waals surface area contributed by atoms with Crippen molar-refractivity contribution >= 4 is 33.3 Å². The van der Waals surface area contributed by atoms with Crippen molar-refractivity contribution in [3.63, 3.8) is 0 Å². The number of nitrogens with zero attached hydrogens (tertiary/aromatic N) is 2. The number of H-pyrrole nitrogens is 1. The molecule has 0 unspecified atom stereocenters. The Morgan fingerprint density at radius 1 is 0.963 bits per heavy atom. The van der Waals surface area contributed by atoms with Crippen LogP contribution in [0, 0.1) is 0 Å². The maximum atomic E-state index is 12.8. The summed E-state index contributed by atoms with van der Waals surface area (Å²) in [6, 6.07) is 19.1. The maximum absolute atomic E-state index is 12.8. The second-order valence-electron chi connectivity index (χ2n) is 5.93. The van der Waals surface area contributed by atoms with Gasteiger partial charge in [-0.25, -0.2) is 4.98 Å². The van der Waals surface area contributed by atoms with E-state index in [0.717, 1.165) is 21.3 Å². The molecule has 2 N–H and O–H groups in total. The van der Waals surface area contributed by atoms with Crippen LogP contribution in [0.15, 0.2) is 83.7 Å². The van der Waals surface area contributed by atoms with Gasteiger partial charge in [0, 0.05) is 28.1 Å². The van der Waals surface area contributed by atoms with Crippen molar-refractivity contribution in [2.75, 3.05) is 5.32 Å². The average Bonchev–Trinajstić information content (AvgIpc) is 3.16. The van der Waals surface area contributed by atoms with Crippen LogP contribution in [0.4, 0.5) is 11.6 Å². The van der Waals surface area contributed by atoms with Gasteiger partial charge in [0.05, 0.1) is 6.20 Å². The molecule has 0 saturated carbocycles. The van der Waals surface area contributed by atoms with Gasteiger partial charge in [0.2, 0.25) is 11.7 Å². The Bertz CT molecular complexity index is 1090. The second-order valence-corrected chi connectivity index (χ2v) is 6.84. The summed E-state index contributed by atoms with van der Waals surface area (Å²) < 4.78 is 0.961. The van der Waals surface area contributed by atoms with Crippen LogP contribution >= 0.6 is 15.9 Å². The van der Waals surface area contributed by atoms with Crippen molar-refractivity contribution in [1.82, 2.24) is 15.0 Å². The van der Waals surface area contributed by atoms with E-state index in [1.54, 1.807) is 24.7 Å². The van der Waals surface area contributed by atoms with Gasteiger partial charge in [0.25, 0.3) is 0 Å². The van der Waals surface area contributed by atoms with E-state index in [1.165, 1.54) is 0 Å². The zero-order chi connectivity index (χ0) is 18.6. The molecule has 0 atom stereocenters. The molecule has 0 aliphatic rings. The molecule has 0 aliphatic carbocycles. The minimum absolute atomic E-state index is 0.110. The fourth-order valence-corrected chi connectivity index (χ4v) is 3.14. The summed E-state index contributed by atoms with van der Waals surface area (Å²) in [5.74, 6) is 0.405. The lowest BCUT2D eigenvalue weighted by molar-refractivity contribution is 0.103. The Morgan fingerprint density at radius 2 is 1.78 bits per heavy atom. The average molecular weight is 419 g/mol. The highest BCUT2D eigenvalue weighted by Gasteiger charge is 2.13. The third kappa shape index (κ3) is 3.96. The second kappa shape index (κ2) is 7.55. The molecular weight excluding hydrogens is 404 g/mol. The lowest BCUT2D eigenvalue weighted by atomic mass is 10.0. The van der Waals surface area contributed by atoms with Crippen LogP contribution in [0.1, 0.15) is 16.1 Å². The topological polar surface area (TPSA) is 70.7 Å². The Kier molecular flexibility index (Phi) is 4.80. The standard InChI is InChI=1S/C21H15BrN4O/c22-17-5-2-6-18(12-17)25-21-24-13-19(26-21)20(27)16-4-1-3-15(11-16)14-7-9-23-10-8-14/h1-13H,(H2,24,25,26). The quantitative estimate of drug-likeness (QED) is 0.436. The highest BCUT2D eigenvalue weighted by molar-refractivity contribution is 9.10. The number of nitrogens with one attached hydrogen (secondary N) is 2. The molecule has 0 saturated heterocycles. The molecule has 0 amide bonds. The highest BCUT2D eigenvalue weighted by atomic mass is 79.9. The SMILES string of the molecule is O=C(c1cccc(-c2ccncc2)c1)c1cnc(Nc2cccc(Br)c2)[nH]1. The first-order valence-electron chi connectivity index (χ1n) is 8.32. The number of hydrogen-bond acceptors (Lipinski definition) is 4. The van der Waals surface area contributed by atoms with Crippen LogP contribution < -0.4 is 5.32 Å². The van der Waals surface area contributed by atoms with Gasteiger partial charge >= 0.3 is 0 Å². The predicted octanol–water partition coefficient (Wildman–Crippen LogP) is 5.21. The van der Waals surface area contributed by atoms with Crippen LogP contribution in [0.3, 0.4) is 0 Å². The molecule has 0 aliphatic heterocycles. The minimum atomic E-state index is -0.110. The van der Waals surface area contributed by atoms with Gasteiger partial charge in [-0.3, -0.25) is 9.78 Å². The number of aromatic nitrogens is 3. The largest absolute Gasteiger partial charge is 0.326 e. The monoisotopic (exact) mass is 418 g/mol. The fourth-order valence-electron chi connectivity index (χ4n) is 2.74. The molecule has 27 heavy (non-hydrogen) atoms. The van der Waals surface area contributed by atoms with Crippen molar-refractivity contribution in [3.8, 4) is 11.1 Å². The van der Waals surface area contributed by atoms with Gasteiger partial charge in [-0.05, 0) is 47.5 Å². The molecular formula is C21H15BrN4O. The lowest BCUT2D eigenvalue weighted by Gasteiger charge is -2.04. The number of aromatic amines is 1. The van der Waals surface area contributed by atoms with E-state index in [-0.39, 0.29) is 5.78 Å². The number of ketones is 1. The highest BCUT2D eigenvalue weighted by Crippen LogP contribution is 2.22. The third-order valence-corrected chi connectivity index (χ3v) is 4.54. The number of imidazole rings is 1. The van der Waals surface area contributed by atoms with Gasteiger partial charge in [-0.15, -0.1) is 0 Å². The number of pyridine rings is 1. The van der Waals surface area contributed by atoms with E-state index in [2.05, 4.69) is 36.2 Å². The molecule has 6 heteroatoms. The van der Waals surface area contributed by atoms with Gasteiger partial charge < -0.3 is 10.3 Å². The third-order valence-electron chi connectivity index (χ3n) is 4.05. The minimum Gasteiger partial charge on any atom is -0.326 e. The fraction of sp³-hybridized carbons (Fsp3) is 0. The zero-order valence-electron chi connectivity index (χ0n) is 14.2. The van der Waals surface area contributed by atoms with Gasteiger partial charge in [-0.1, -0.05) is 40.2 Å². The number of anilines is 2. The van der Waals surface area contributed by atoms with E-state index in [0.29, 0.717) is 17.2 Å². The molecule has 0 fully saturated rings. The number of rotatable bonds is 5. The maximum Gasteiger partial charge on any atom is 0.210 e. The molecule has 2 heterocycles. The number of hydrogen-bond donors (Lipinski definition) is 2. The lowest BCUT2D eigenvalue weighted by Crippen LogP contribution is -2.02. The smallest absolute Gasteiger partial charge is 0.210 e. The molecule has 0 spiro atoms. The number of carbonyl (C=O) groups is 1. The summed E-state index contributed by atoms with van der Waals surface area (Å²) in [6.07, 6.45) is 5.01. The Labute approximate surface area is 164 Å². The summed E-state index contributed by atoms with van der Waals surface area (Å²) >= 11 is 3.43. The first-order chi connectivity index (χ1) is 13.2. The first kappa shape index (κ1) is 17.2. The molecule has 132 valence electrons. The first-order valence-corrected chi connectivity index (χ1v) is 9.11. The Hall–Kier alpha value is -3.25. The zero-order valence-corrected chi connectivity index (χ0v) is 15.8. The Balaban J connectivity index is 1.56. The number of benzene rings is 2. The molecule has 5 nitrogen and oxygen atoms in total. The number of halogens is 1. The summed E-state index contributed by atoms with van der Waals surface area (Å²) in [5.41, 5.74) is 3.88. The van der Waals surface area contributed by atoms with Gasteiger partial charge in [0.15, 0.2) is 0 Å².